The molecule has 1 fully saturated rings. The Morgan fingerprint density at radius 2 is 2.16 bits per heavy atom. The molecular weight excluding hydrogens is 240 g/mol. The predicted octanol–water partition coefficient (Wildman–Crippen LogP) is 0.888. The van der Waals surface area contributed by atoms with Crippen molar-refractivity contribution in [3.05, 3.63) is 35.4 Å². The van der Waals surface area contributed by atoms with E-state index in [4.69, 9.17) is 5.73 Å². The zero-order valence-corrected chi connectivity index (χ0v) is 10.9. The van der Waals surface area contributed by atoms with Crippen LogP contribution in [0.25, 0.3) is 0 Å². The van der Waals surface area contributed by atoms with Crippen LogP contribution in [0.4, 0.5) is 0 Å². The molecule has 4 N–H and O–H groups in total. The molecule has 2 aliphatic carbocycles. The van der Waals surface area contributed by atoms with Gasteiger partial charge in [0.05, 0.1) is 12.1 Å². The zero-order valence-electron chi connectivity index (χ0n) is 10.9. The molecule has 2 aliphatic rings. The van der Waals surface area contributed by atoms with Crippen LogP contribution in [0.15, 0.2) is 24.3 Å². The van der Waals surface area contributed by atoms with Gasteiger partial charge in [0, 0.05) is 18.9 Å². The SMILES string of the molecule is NC(CC(=O)N[C@H]1c2ccccc2C[C@H]1O)C1CC1. The van der Waals surface area contributed by atoms with E-state index < -0.39 is 6.10 Å². The Kier molecular flexibility index (Phi) is 3.29. The van der Waals surface area contributed by atoms with E-state index in [1.165, 1.54) is 0 Å². The normalized spacial score (nSPS) is 26.8. The number of hydrogen-bond donors (Lipinski definition) is 3. The summed E-state index contributed by atoms with van der Waals surface area (Å²) in [5.74, 6) is 0.465. The van der Waals surface area contributed by atoms with Gasteiger partial charge >= 0.3 is 0 Å². The fourth-order valence-corrected chi connectivity index (χ4v) is 2.89. The van der Waals surface area contributed by atoms with Gasteiger partial charge in [-0.1, -0.05) is 24.3 Å². The fourth-order valence-electron chi connectivity index (χ4n) is 2.89. The van der Waals surface area contributed by atoms with Crippen LogP contribution < -0.4 is 11.1 Å². The molecule has 19 heavy (non-hydrogen) atoms. The molecule has 0 heterocycles. The average molecular weight is 260 g/mol. The third-order valence-corrected chi connectivity index (χ3v) is 4.17. The number of carbonyl (C=O) groups is 1. The number of carbonyl (C=O) groups excluding carboxylic acids is 1. The quantitative estimate of drug-likeness (QED) is 0.752. The topological polar surface area (TPSA) is 75.4 Å². The van der Waals surface area contributed by atoms with Crippen LogP contribution in [-0.2, 0) is 11.2 Å². The molecule has 1 amide bonds. The van der Waals surface area contributed by atoms with Gasteiger partial charge in [0.25, 0.3) is 0 Å². The summed E-state index contributed by atoms with van der Waals surface area (Å²) in [6, 6.07) is 7.55. The van der Waals surface area contributed by atoms with Gasteiger partial charge < -0.3 is 16.2 Å². The first-order valence-electron chi connectivity index (χ1n) is 6.96. The molecule has 0 saturated heterocycles. The van der Waals surface area contributed by atoms with Crippen molar-refractivity contribution in [2.24, 2.45) is 11.7 Å². The van der Waals surface area contributed by atoms with Crippen molar-refractivity contribution in [3.63, 3.8) is 0 Å². The molecule has 3 atom stereocenters. The lowest BCUT2D eigenvalue weighted by Gasteiger charge is -2.19. The van der Waals surface area contributed by atoms with Crippen molar-refractivity contribution < 1.29 is 9.90 Å². The number of fused-ring (bicyclic) bond motifs is 1. The molecule has 1 aromatic rings. The number of rotatable bonds is 4. The third-order valence-electron chi connectivity index (χ3n) is 4.17. The summed E-state index contributed by atoms with van der Waals surface area (Å²) >= 11 is 0. The molecule has 4 nitrogen and oxygen atoms in total. The molecule has 0 spiro atoms. The number of hydrogen-bond acceptors (Lipinski definition) is 3. The van der Waals surface area contributed by atoms with E-state index in [-0.39, 0.29) is 18.0 Å². The van der Waals surface area contributed by atoms with Gasteiger partial charge in [-0.2, -0.15) is 0 Å². The van der Waals surface area contributed by atoms with Crippen LogP contribution in [-0.4, -0.2) is 23.2 Å². The van der Waals surface area contributed by atoms with Gasteiger partial charge in [0.15, 0.2) is 0 Å². The van der Waals surface area contributed by atoms with Crippen molar-refractivity contribution in [1.82, 2.24) is 5.32 Å². The molecule has 4 heteroatoms. The lowest BCUT2D eigenvalue weighted by atomic mass is 10.1. The van der Waals surface area contributed by atoms with Crippen molar-refractivity contribution in [2.75, 3.05) is 0 Å². The summed E-state index contributed by atoms with van der Waals surface area (Å²) in [6.07, 6.45) is 2.72. The van der Waals surface area contributed by atoms with Crippen LogP contribution in [0.1, 0.15) is 36.4 Å². The molecule has 0 aliphatic heterocycles. The summed E-state index contributed by atoms with van der Waals surface area (Å²) in [5.41, 5.74) is 8.11. The first-order valence-corrected chi connectivity index (χ1v) is 6.96. The van der Waals surface area contributed by atoms with Gasteiger partial charge in [-0.3, -0.25) is 4.79 Å². The second-order valence-corrected chi connectivity index (χ2v) is 5.72. The molecule has 1 unspecified atom stereocenters. The summed E-state index contributed by atoms with van der Waals surface area (Å²) in [6.45, 7) is 0. The Bertz CT molecular complexity index is 485. The van der Waals surface area contributed by atoms with Crippen molar-refractivity contribution in [3.8, 4) is 0 Å². The van der Waals surface area contributed by atoms with Gasteiger partial charge in [-0.15, -0.1) is 0 Å². The van der Waals surface area contributed by atoms with Crippen LogP contribution in [0.2, 0.25) is 0 Å². The molecule has 0 aromatic heterocycles. The summed E-state index contributed by atoms with van der Waals surface area (Å²) in [5, 5.41) is 13.0. The Morgan fingerprint density at radius 1 is 1.42 bits per heavy atom. The molecule has 0 radical (unpaired) electrons. The van der Waals surface area contributed by atoms with Crippen LogP contribution in [0.3, 0.4) is 0 Å². The molecule has 1 saturated carbocycles. The molecule has 0 bridgehead atoms. The molecule has 102 valence electrons. The average Bonchev–Trinajstić information content (AvgIpc) is 3.17. The van der Waals surface area contributed by atoms with E-state index >= 15 is 0 Å². The lowest BCUT2D eigenvalue weighted by Crippen LogP contribution is -2.38. The summed E-state index contributed by atoms with van der Waals surface area (Å²) in [7, 11) is 0. The number of aliphatic hydroxyl groups is 1. The minimum Gasteiger partial charge on any atom is -0.390 e. The Labute approximate surface area is 113 Å². The number of benzene rings is 1. The van der Waals surface area contributed by atoms with Gasteiger partial charge in [-0.25, -0.2) is 0 Å². The molecule has 3 rings (SSSR count). The predicted molar refractivity (Wildman–Crippen MR) is 72.4 cm³/mol. The van der Waals surface area contributed by atoms with E-state index in [9.17, 15) is 9.90 Å². The number of amides is 1. The highest BCUT2D eigenvalue weighted by Crippen LogP contribution is 2.34. The minimum absolute atomic E-state index is 0.0335. The van der Waals surface area contributed by atoms with E-state index in [0.29, 0.717) is 18.8 Å². The highest BCUT2D eigenvalue weighted by atomic mass is 16.3. The van der Waals surface area contributed by atoms with Crippen LogP contribution in [0, 0.1) is 5.92 Å². The second-order valence-electron chi connectivity index (χ2n) is 5.72. The highest BCUT2D eigenvalue weighted by molar-refractivity contribution is 5.77. The summed E-state index contributed by atoms with van der Waals surface area (Å²) in [4.78, 5) is 12.0. The van der Waals surface area contributed by atoms with E-state index in [0.717, 1.165) is 24.0 Å². The Balaban J connectivity index is 1.64. The van der Waals surface area contributed by atoms with Gasteiger partial charge in [0.1, 0.15) is 0 Å². The maximum atomic E-state index is 12.0. The van der Waals surface area contributed by atoms with Gasteiger partial charge in [0.2, 0.25) is 5.91 Å². The smallest absolute Gasteiger partial charge is 0.222 e. The largest absolute Gasteiger partial charge is 0.390 e. The van der Waals surface area contributed by atoms with Crippen LogP contribution in [0.5, 0.6) is 0 Å². The number of nitrogens with two attached hydrogens (primary N) is 1. The molecular formula is C15H20N2O2. The van der Waals surface area contributed by atoms with E-state index in [1.807, 2.05) is 24.3 Å². The van der Waals surface area contributed by atoms with Crippen molar-refractivity contribution in [1.29, 1.82) is 0 Å². The summed E-state index contributed by atoms with van der Waals surface area (Å²) < 4.78 is 0. The lowest BCUT2D eigenvalue weighted by molar-refractivity contribution is -0.123. The zero-order chi connectivity index (χ0) is 13.4. The number of nitrogens with one attached hydrogen (secondary N) is 1. The standard InChI is InChI=1S/C15H20N2O2/c16-12(9-5-6-9)8-14(19)17-15-11-4-2-1-3-10(11)7-13(15)18/h1-4,9,12-13,15,18H,5-8,16H2,(H,17,19)/t12?,13-,15+/m1/s1. The molecule has 1 aromatic carbocycles. The van der Waals surface area contributed by atoms with Crippen molar-refractivity contribution >= 4 is 5.91 Å². The third kappa shape index (κ3) is 2.65. The van der Waals surface area contributed by atoms with Gasteiger partial charge in [-0.05, 0) is 29.9 Å². The maximum Gasteiger partial charge on any atom is 0.222 e. The number of aliphatic hydroxyl groups excluding tert-OH is 1. The maximum absolute atomic E-state index is 12.0. The highest BCUT2D eigenvalue weighted by Gasteiger charge is 2.34. The minimum atomic E-state index is -0.529. The fraction of sp³-hybridized carbons (Fsp3) is 0.533. The Morgan fingerprint density at radius 3 is 2.89 bits per heavy atom. The monoisotopic (exact) mass is 260 g/mol. The van der Waals surface area contributed by atoms with E-state index in [2.05, 4.69) is 5.32 Å². The van der Waals surface area contributed by atoms with E-state index in [1.54, 1.807) is 0 Å². The first kappa shape index (κ1) is 12.6. The second kappa shape index (κ2) is 4.94. The Hall–Kier alpha value is -1.39. The van der Waals surface area contributed by atoms with Crippen LogP contribution >= 0.6 is 0 Å². The first-order chi connectivity index (χ1) is 9.15. The van der Waals surface area contributed by atoms with Crippen molar-refractivity contribution in [2.45, 2.75) is 43.9 Å².